The number of rotatable bonds is 12. The molecule has 3 rings (SSSR count). The Morgan fingerprint density at radius 1 is 1.21 bits per heavy atom. The number of alkyl halides is 2. The largest absolute Gasteiger partial charge is 0.475 e. The first-order chi connectivity index (χ1) is 18.3. The van der Waals surface area contributed by atoms with Gasteiger partial charge in [-0.2, -0.15) is 4.72 Å². The summed E-state index contributed by atoms with van der Waals surface area (Å²) in [6.07, 6.45) is 1.28. The number of nitrogens with one attached hydrogen (secondary N) is 2. The molecule has 0 unspecified atom stereocenters. The van der Waals surface area contributed by atoms with Crippen LogP contribution in [0.2, 0.25) is 0 Å². The van der Waals surface area contributed by atoms with Gasteiger partial charge in [0.05, 0.1) is 10.8 Å². The molecule has 9 nitrogen and oxygen atoms in total. The number of sulfonamides is 1. The highest BCUT2D eigenvalue weighted by Crippen LogP contribution is 2.36. The summed E-state index contributed by atoms with van der Waals surface area (Å²) in [5.74, 6) is -3.26. The van der Waals surface area contributed by atoms with Crippen LogP contribution in [0.1, 0.15) is 70.8 Å². The van der Waals surface area contributed by atoms with Crippen molar-refractivity contribution < 1.29 is 36.8 Å². The minimum absolute atomic E-state index is 0.0250. The maximum Gasteiger partial charge on any atom is 0.475 e. The van der Waals surface area contributed by atoms with Crippen molar-refractivity contribution in [2.45, 2.75) is 101 Å². The maximum absolute atomic E-state index is 14.0. The van der Waals surface area contributed by atoms with E-state index in [9.17, 15) is 36.8 Å². The minimum atomic E-state index is -4.09. The second-order valence-corrected chi connectivity index (χ2v) is 12.9. The van der Waals surface area contributed by atoms with E-state index in [4.69, 9.17) is 0 Å². The molecule has 39 heavy (non-hydrogen) atoms. The van der Waals surface area contributed by atoms with Crippen LogP contribution in [-0.2, 0) is 19.6 Å². The van der Waals surface area contributed by atoms with Gasteiger partial charge in [0.2, 0.25) is 28.3 Å². The Labute approximate surface area is 229 Å². The predicted octanol–water partition coefficient (Wildman–Crippen LogP) is 2.39. The lowest BCUT2D eigenvalue weighted by Gasteiger charge is -2.36. The summed E-state index contributed by atoms with van der Waals surface area (Å²) in [7, 11) is -6.30. The van der Waals surface area contributed by atoms with Gasteiger partial charge in [-0.25, -0.2) is 17.2 Å². The van der Waals surface area contributed by atoms with Crippen LogP contribution in [0.3, 0.4) is 0 Å². The molecule has 4 N–H and O–H groups in total. The van der Waals surface area contributed by atoms with Crippen molar-refractivity contribution in [1.29, 1.82) is 0 Å². The number of nitrogens with zero attached hydrogens (tertiary/aromatic N) is 1. The summed E-state index contributed by atoms with van der Waals surface area (Å²) in [6, 6.07) is 5.27. The van der Waals surface area contributed by atoms with Crippen LogP contribution in [0.15, 0.2) is 29.2 Å². The Balaban J connectivity index is 1.91. The molecule has 2 aliphatic rings. The van der Waals surface area contributed by atoms with Gasteiger partial charge in [0, 0.05) is 13.0 Å². The van der Waals surface area contributed by atoms with E-state index in [-0.39, 0.29) is 30.2 Å². The standard InChI is InChI=1S/C26H40BF2N3O6S/c1-17(2)26(31-39(37,38)20-11-7-8-18(3)14-20)12-13-32(25(26)34)21(15-19-9-5-4-6-10-19)24(33)30-22(27(35)36)16-23(28)29/h7-8,11,14,17,19,21-23,31,35-36H,4-6,9-10,12-13,15-16H2,1-3H3,(H,30,33)/t21-,22-,26-/m0/s1. The monoisotopic (exact) mass is 571 g/mol. The van der Waals surface area contributed by atoms with Crippen LogP contribution >= 0.6 is 0 Å². The van der Waals surface area contributed by atoms with Crippen molar-refractivity contribution in [3.05, 3.63) is 29.8 Å². The van der Waals surface area contributed by atoms with Gasteiger partial charge in [0.1, 0.15) is 11.6 Å². The molecule has 1 aliphatic carbocycles. The summed E-state index contributed by atoms with van der Waals surface area (Å²) < 4.78 is 55.4. The van der Waals surface area contributed by atoms with Gasteiger partial charge in [0.25, 0.3) is 0 Å². The Morgan fingerprint density at radius 2 is 1.87 bits per heavy atom. The average Bonchev–Trinajstić information content (AvgIpc) is 3.18. The first-order valence-corrected chi connectivity index (χ1v) is 15.1. The predicted molar refractivity (Wildman–Crippen MR) is 143 cm³/mol. The zero-order valence-corrected chi connectivity index (χ0v) is 23.6. The van der Waals surface area contributed by atoms with E-state index < -0.39 is 65.2 Å². The van der Waals surface area contributed by atoms with Crippen molar-refractivity contribution in [3.8, 4) is 0 Å². The zero-order chi connectivity index (χ0) is 29.0. The lowest BCUT2D eigenvalue weighted by molar-refractivity contribution is -0.142. The third-order valence-electron chi connectivity index (χ3n) is 8.07. The Hall–Kier alpha value is -2.09. The van der Waals surface area contributed by atoms with Gasteiger partial charge in [0.15, 0.2) is 0 Å². The Morgan fingerprint density at radius 3 is 2.44 bits per heavy atom. The molecule has 1 saturated heterocycles. The Kier molecular flexibility index (Phi) is 10.5. The van der Waals surface area contributed by atoms with Crippen LogP contribution in [0.25, 0.3) is 0 Å². The van der Waals surface area contributed by atoms with E-state index in [0.29, 0.717) is 0 Å². The number of carbonyl (C=O) groups is 2. The van der Waals surface area contributed by atoms with Gasteiger partial charge in [-0.3, -0.25) is 9.59 Å². The second-order valence-electron chi connectivity index (χ2n) is 11.2. The highest BCUT2D eigenvalue weighted by molar-refractivity contribution is 7.89. The van der Waals surface area contributed by atoms with Crippen LogP contribution in [-0.4, -0.2) is 72.8 Å². The molecular formula is C26H40BF2N3O6S. The topological polar surface area (TPSA) is 136 Å². The molecule has 0 spiro atoms. The molecule has 2 amide bonds. The molecule has 1 aliphatic heterocycles. The fourth-order valence-electron chi connectivity index (χ4n) is 5.73. The van der Waals surface area contributed by atoms with E-state index in [1.807, 2.05) is 0 Å². The maximum atomic E-state index is 14.0. The highest BCUT2D eigenvalue weighted by Gasteiger charge is 2.54. The number of halogens is 2. The molecule has 0 radical (unpaired) electrons. The van der Waals surface area contributed by atoms with Crippen molar-refractivity contribution in [2.24, 2.45) is 11.8 Å². The molecule has 3 atom stereocenters. The van der Waals surface area contributed by atoms with Crippen LogP contribution < -0.4 is 10.0 Å². The summed E-state index contributed by atoms with van der Waals surface area (Å²) in [6.45, 7) is 5.31. The third-order valence-corrected chi connectivity index (χ3v) is 9.58. The Bertz CT molecular complexity index is 1120. The normalized spacial score (nSPS) is 22.4. The fraction of sp³-hybridized carbons (Fsp3) is 0.692. The SMILES string of the molecule is Cc1cccc(S(=O)(=O)N[C@]2(C(C)C)CCN([C@@H](CC3CCCCC3)C(=O)N[C@@H](CC(F)F)B(O)O)C2=O)c1. The molecule has 1 aromatic rings. The minimum Gasteiger partial charge on any atom is -0.426 e. The van der Waals surface area contributed by atoms with E-state index in [2.05, 4.69) is 10.0 Å². The van der Waals surface area contributed by atoms with Crippen molar-refractivity contribution in [3.63, 3.8) is 0 Å². The lowest BCUT2D eigenvalue weighted by atomic mass is 9.77. The summed E-state index contributed by atoms with van der Waals surface area (Å²) in [5.41, 5.74) is -0.767. The van der Waals surface area contributed by atoms with Crippen molar-refractivity contribution >= 4 is 29.0 Å². The van der Waals surface area contributed by atoms with E-state index >= 15 is 0 Å². The number of carbonyl (C=O) groups excluding carboxylic acids is 2. The fourth-order valence-corrected chi connectivity index (χ4v) is 7.35. The van der Waals surface area contributed by atoms with E-state index in [0.717, 1.165) is 37.7 Å². The zero-order valence-electron chi connectivity index (χ0n) is 22.8. The van der Waals surface area contributed by atoms with E-state index in [1.165, 1.54) is 17.0 Å². The van der Waals surface area contributed by atoms with Crippen LogP contribution in [0.4, 0.5) is 8.78 Å². The van der Waals surface area contributed by atoms with Gasteiger partial charge in [-0.15, -0.1) is 0 Å². The smallest absolute Gasteiger partial charge is 0.426 e. The molecule has 1 saturated carbocycles. The molecule has 218 valence electrons. The first-order valence-electron chi connectivity index (χ1n) is 13.6. The number of aryl methyl sites for hydroxylation is 1. The third kappa shape index (κ3) is 7.56. The van der Waals surface area contributed by atoms with Crippen LogP contribution in [0, 0.1) is 18.8 Å². The molecule has 1 aromatic carbocycles. The molecular weight excluding hydrogens is 531 g/mol. The van der Waals surface area contributed by atoms with Crippen molar-refractivity contribution in [1.82, 2.24) is 14.9 Å². The number of hydrogen-bond donors (Lipinski definition) is 4. The summed E-state index contributed by atoms with van der Waals surface area (Å²) in [4.78, 5) is 28.9. The molecule has 1 heterocycles. The second kappa shape index (κ2) is 13.1. The van der Waals surface area contributed by atoms with Gasteiger partial charge < -0.3 is 20.3 Å². The molecule has 13 heteroatoms. The van der Waals surface area contributed by atoms with Gasteiger partial charge in [-0.1, -0.05) is 58.1 Å². The van der Waals surface area contributed by atoms with Crippen molar-refractivity contribution in [2.75, 3.05) is 6.54 Å². The average molecular weight is 571 g/mol. The quantitative estimate of drug-likeness (QED) is 0.285. The van der Waals surface area contributed by atoms with Crippen LogP contribution in [0.5, 0.6) is 0 Å². The summed E-state index contributed by atoms with van der Waals surface area (Å²) >= 11 is 0. The number of amides is 2. The first kappa shape index (κ1) is 31.4. The van der Waals surface area contributed by atoms with Gasteiger partial charge in [-0.05, 0) is 49.3 Å². The van der Waals surface area contributed by atoms with E-state index in [1.54, 1.807) is 32.9 Å². The molecule has 2 fully saturated rings. The number of benzene rings is 1. The molecule has 0 aromatic heterocycles. The van der Waals surface area contributed by atoms with Gasteiger partial charge >= 0.3 is 7.12 Å². The lowest BCUT2D eigenvalue weighted by Crippen LogP contribution is -2.60. The number of likely N-dealkylation sites (tertiary alicyclic amines) is 1. The summed E-state index contributed by atoms with van der Waals surface area (Å²) in [5, 5.41) is 21.5. The molecule has 0 bridgehead atoms. The number of hydrogen-bond acceptors (Lipinski definition) is 6. The highest BCUT2D eigenvalue weighted by atomic mass is 32.2.